The number of sulfone groups is 1. The first-order valence-electron chi connectivity index (χ1n) is 9.54. The van der Waals surface area contributed by atoms with Gasteiger partial charge in [-0.1, -0.05) is 0 Å². The zero-order valence-corrected chi connectivity index (χ0v) is 17.5. The van der Waals surface area contributed by atoms with Gasteiger partial charge in [0, 0.05) is 30.0 Å². The van der Waals surface area contributed by atoms with Crippen LogP contribution in [0.4, 0.5) is 5.13 Å². The van der Waals surface area contributed by atoms with E-state index >= 15 is 0 Å². The summed E-state index contributed by atoms with van der Waals surface area (Å²) in [6.45, 7) is 0.437. The van der Waals surface area contributed by atoms with Crippen LogP contribution in [-0.2, 0) is 19.4 Å². The number of fused-ring (bicyclic) bond motifs is 1. The maximum atomic E-state index is 12.7. The van der Waals surface area contributed by atoms with Crippen LogP contribution in [0.5, 0.6) is 11.5 Å². The van der Waals surface area contributed by atoms with Gasteiger partial charge in [-0.25, -0.2) is 13.4 Å². The highest BCUT2D eigenvalue weighted by Gasteiger charge is 2.42. The number of thiazole rings is 1. The van der Waals surface area contributed by atoms with E-state index in [2.05, 4.69) is 10.3 Å². The van der Waals surface area contributed by atoms with Gasteiger partial charge in [0.15, 0.2) is 26.5 Å². The molecule has 0 spiro atoms. The number of ether oxygens (including phenoxy) is 2. The van der Waals surface area contributed by atoms with Gasteiger partial charge < -0.3 is 19.7 Å². The van der Waals surface area contributed by atoms with Crippen molar-refractivity contribution in [3.05, 3.63) is 23.6 Å². The summed E-state index contributed by atoms with van der Waals surface area (Å²) in [6.07, 6.45) is 0.524. The summed E-state index contributed by atoms with van der Waals surface area (Å²) in [5, 5.41) is 5.07. The summed E-state index contributed by atoms with van der Waals surface area (Å²) in [5.41, 5.74) is 1.55. The first kappa shape index (κ1) is 19.3. The van der Waals surface area contributed by atoms with Gasteiger partial charge in [-0.15, -0.1) is 11.3 Å². The van der Waals surface area contributed by atoms with Crippen molar-refractivity contribution in [3.63, 3.8) is 0 Å². The fourth-order valence-electron chi connectivity index (χ4n) is 4.01. The van der Waals surface area contributed by atoms with Crippen LogP contribution in [0.2, 0.25) is 0 Å². The maximum absolute atomic E-state index is 12.7. The van der Waals surface area contributed by atoms with Crippen LogP contribution in [0, 0.1) is 5.92 Å². The van der Waals surface area contributed by atoms with E-state index in [1.807, 2.05) is 23.6 Å². The summed E-state index contributed by atoms with van der Waals surface area (Å²) in [6, 6.07) is 5.21. The lowest BCUT2D eigenvalue weighted by molar-refractivity contribution is -0.129. The number of hydrogen-bond donors (Lipinski definition) is 1. The van der Waals surface area contributed by atoms with Crippen LogP contribution >= 0.6 is 11.3 Å². The summed E-state index contributed by atoms with van der Waals surface area (Å²) >= 11 is 1.30. The van der Waals surface area contributed by atoms with Gasteiger partial charge in [-0.3, -0.25) is 9.59 Å². The Morgan fingerprint density at radius 2 is 2.10 bits per heavy atom. The van der Waals surface area contributed by atoms with Crippen LogP contribution in [0.25, 0.3) is 11.3 Å². The molecule has 2 aromatic rings. The number of anilines is 1. The second kappa shape index (κ2) is 7.24. The van der Waals surface area contributed by atoms with Gasteiger partial charge in [0.1, 0.15) is 0 Å². The molecule has 2 fully saturated rings. The van der Waals surface area contributed by atoms with Gasteiger partial charge in [0.05, 0.1) is 23.1 Å². The molecule has 30 heavy (non-hydrogen) atoms. The molecule has 0 saturated carbocycles. The minimum atomic E-state index is -3.09. The number of nitrogens with one attached hydrogen (secondary N) is 1. The molecule has 2 atom stereocenters. The molecule has 2 saturated heterocycles. The Labute approximate surface area is 176 Å². The minimum absolute atomic E-state index is 0.0154. The van der Waals surface area contributed by atoms with Crippen LogP contribution < -0.4 is 14.8 Å². The van der Waals surface area contributed by atoms with Crippen LogP contribution in [-0.4, -0.2) is 61.0 Å². The highest BCUT2D eigenvalue weighted by atomic mass is 32.2. The number of nitrogens with zero attached hydrogens (tertiary/aromatic N) is 2. The molecule has 2 amide bonds. The molecule has 0 aliphatic carbocycles. The zero-order valence-electron chi connectivity index (χ0n) is 15.9. The lowest BCUT2D eigenvalue weighted by atomic mass is 10.1. The number of carbonyl (C=O) groups excluding carboxylic acids is 2. The Kier molecular flexibility index (Phi) is 4.66. The van der Waals surface area contributed by atoms with E-state index in [0.717, 1.165) is 5.56 Å². The van der Waals surface area contributed by atoms with Gasteiger partial charge in [0.25, 0.3) is 0 Å². The highest BCUT2D eigenvalue weighted by molar-refractivity contribution is 7.91. The number of hydrogen-bond acceptors (Lipinski definition) is 8. The molecule has 1 N–H and O–H groups in total. The van der Waals surface area contributed by atoms with Gasteiger partial charge in [-0.05, 0) is 24.6 Å². The molecule has 11 heteroatoms. The van der Waals surface area contributed by atoms with Crippen molar-refractivity contribution in [2.75, 3.05) is 30.2 Å². The van der Waals surface area contributed by atoms with Crippen molar-refractivity contribution in [2.45, 2.75) is 18.9 Å². The third-order valence-electron chi connectivity index (χ3n) is 5.58. The van der Waals surface area contributed by atoms with E-state index in [9.17, 15) is 18.0 Å². The first-order chi connectivity index (χ1) is 14.4. The largest absolute Gasteiger partial charge is 0.454 e. The lowest BCUT2D eigenvalue weighted by Crippen LogP contribution is -2.38. The third-order valence-corrected chi connectivity index (χ3v) is 8.09. The standard InChI is InChI=1S/C19H19N3O6S2/c23-17-6-12(7-22(17)13-3-4-30(25,26)9-13)18(24)21-19-20-14(8-29-19)11-1-2-15-16(5-11)28-10-27-15/h1-2,5,8,12-13H,3-4,6-7,9-10H2,(H,20,21,24). The number of carbonyl (C=O) groups is 2. The second-order valence-corrected chi connectivity index (χ2v) is 10.7. The smallest absolute Gasteiger partial charge is 0.231 e. The second-order valence-electron chi connectivity index (χ2n) is 7.60. The molecular formula is C19H19N3O6S2. The molecule has 1 aromatic carbocycles. The van der Waals surface area contributed by atoms with Crippen LogP contribution in [0.3, 0.4) is 0 Å². The molecule has 0 radical (unpaired) electrons. The number of benzene rings is 1. The lowest BCUT2D eigenvalue weighted by Gasteiger charge is -2.22. The van der Waals surface area contributed by atoms with Crippen molar-refractivity contribution in [2.24, 2.45) is 5.92 Å². The van der Waals surface area contributed by atoms with Crippen LogP contribution in [0.1, 0.15) is 12.8 Å². The predicted molar refractivity (Wildman–Crippen MR) is 109 cm³/mol. The van der Waals surface area contributed by atoms with Crippen molar-refractivity contribution in [3.8, 4) is 22.8 Å². The molecule has 4 heterocycles. The molecule has 1 aromatic heterocycles. The highest BCUT2D eigenvalue weighted by Crippen LogP contribution is 2.36. The fraction of sp³-hybridized carbons (Fsp3) is 0.421. The van der Waals surface area contributed by atoms with Gasteiger partial charge in [0.2, 0.25) is 18.6 Å². The quantitative estimate of drug-likeness (QED) is 0.752. The van der Waals surface area contributed by atoms with E-state index in [1.54, 1.807) is 4.90 Å². The fourth-order valence-corrected chi connectivity index (χ4v) is 6.46. The Morgan fingerprint density at radius 3 is 2.90 bits per heavy atom. The van der Waals surface area contributed by atoms with Crippen molar-refractivity contribution < 1.29 is 27.5 Å². The minimum Gasteiger partial charge on any atom is -0.454 e. The topological polar surface area (TPSA) is 115 Å². The van der Waals surface area contributed by atoms with Gasteiger partial charge >= 0.3 is 0 Å². The van der Waals surface area contributed by atoms with E-state index in [4.69, 9.17) is 9.47 Å². The van der Waals surface area contributed by atoms with E-state index < -0.39 is 15.8 Å². The van der Waals surface area contributed by atoms with Crippen molar-refractivity contribution >= 4 is 38.1 Å². The van der Waals surface area contributed by atoms with E-state index in [-0.39, 0.29) is 49.1 Å². The Balaban J connectivity index is 1.24. The van der Waals surface area contributed by atoms with E-state index in [1.165, 1.54) is 11.3 Å². The average molecular weight is 450 g/mol. The molecule has 2 unspecified atom stereocenters. The third kappa shape index (κ3) is 3.63. The molecule has 0 bridgehead atoms. The summed E-state index contributed by atoms with van der Waals surface area (Å²) in [4.78, 5) is 31.0. The monoisotopic (exact) mass is 449 g/mol. The number of aromatic nitrogens is 1. The summed E-state index contributed by atoms with van der Waals surface area (Å²) < 4.78 is 34.1. The number of rotatable bonds is 4. The summed E-state index contributed by atoms with van der Waals surface area (Å²) in [5.74, 6) is 0.463. The Hall–Kier alpha value is -2.66. The molecular weight excluding hydrogens is 430 g/mol. The first-order valence-corrected chi connectivity index (χ1v) is 12.2. The Bertz CT molecular complexity index is 1130. The molecule has 158 valence electrons. The normalized spacial score (nSPS) is 24.4. The number of amides is 2. The van der Waals surface area contributed by atoms with Gasteiger partial charge in [-0.2, -0.15) is 0 Å². The Morgan fingerprint density at radius 1 is 1.27 bits per heavy atom. The van der Waals surface area contributed by atoms with Crippen molar-refractivity contribution in [1.29, 1.82) is 0 Å². The zero-order chi connectivity index (χ0) is 20.9. The predicted octanol–water partition coefficient (Wildman–Crippen LogP) is 1.51. The molecule has 3 aliphatic heterocycles. The van der Waals surface area contributed by atoms with E-state index in [0.29, 0.717) is 28.7 Å². The molecule has 5 rings (SSSR count). The van der Waals surface area contributed by atoms with Crippen LogP contribution in [0.15, 0.2) is 23.6 Å². The van der Waals surface area contributed by atoms with Crippen molar-refractivity contribution in [1.82, 2.24) is 9.88 Å². The SMILES string of the molecule is O=C(Nc1nc(-c2ccc3c(c2)OCO3)cs1)C1CC(=O)N(C2CCS(=O)(=O)C2)C1. The molecule has 9 nitrogen and oxygen atoms in total. The summed E-state index contributed by atoms with van der Waals surface area (Å²) in [7, 11) is -3.09. The average Bonchev–Trinajstić information content (AvgIpc) is 3.47. The molecule has 3 aliphatic rings. The number of likely N-dealkylation sites (tertiary alicyclic amines) is 1. The maximum Gasteiger partial charge on any atom is 0.231 e.